The number of nitrogens with zero attached hydrogens (tertiary/aromatic N) is 2. The maximum absolute atomic E-state index is 11.8. The Bertz CT molecular complexity index is 997. The van der Waals surface area contributed by atoms with Crippen LogP contribution in [0.3, 0.4) is 0 Å². The van der Waals surface area contributed by atoms with Gasteiger partial charge in [-0.25, -0.2) is 4.79 Å². The minimum atomic E-state index is -0.361. The molecule has 2 heterocycles. The van der Waals surface area contributed by atoms with Gasteiger partial charge in [0, 0.05) is 28.0 Å². The summed E-state index contributed by atoms with van der Waals surface area (Å²) >= 11 is 10.9. The van der Waals surface area contributed by atoms with Gasteiger partial charge in [-0.15, -0.1) is 10.2 Å². The zero-order valence-corrected chi connectivity index (χ0v) is 16.9. The van der Waals surface area contributed by atoms with Crippen molar-refractivity contribution < 1.29 is 4.42 Å². The lowest BCUT2D eigenvalue weighted by Crippen LogP contribution is -2.00. The fourth-order valence-electron chi connectivity index (χ4n) is 2.11. The number of benzene rings is 1. The summed E-state index contributed by atoms with van der Waals surface area (Å²) < 4.78 is 7.07. The first-order valence-corrected chi connectivity index (χ1v) is 10.6. The summed E-state index contributed by atoms with van der Waals surface area (Å²) in [6.07, 6.45) is 0. The first kappa shape index (κ1) is 18.5. The minimum absolute atomic E-state index is 0.361. The molecule has 25 heavy (non-hydrogen) atoms. The molecule has 0 aliphatic rings. The van der Waals surface area contributed by atoms with Gasteiger partial charge in [0.1, 0.15) is 5.58 Å². The molecule has 0 radical (unpaired) electrons. The standard InChI is InChI=1S/C17H15ClN2O2S3/c1-9(2)7-23-16-19-20-17(25-16)24-8-11-5-15(21)22-14-4-10(3)13(18)6-12(11)14/h4-6H,1,7-8H2,2-3H3. The third kappa shape index (κ3) is 4.67. The Morgan fingerprint density at radius 3 is 2.72 bits per heavy atom. The van der Waals surface area contributed by atoms with Crippen molar-refractivity contribution in [3.8, 4) is 0 Å². The summed E-state index contributed by atoms with van der Waals surface area (Å²) in [6.45, 7) is 7.76. The molecule has 0 aliphatic carbocycles. The van der Waals surface area contributed by atoms with Crippen LogP contribution in [0.5, 0.6) is 0 Å². The molecule has 0 atom stereocenters. The molecule has 2 aromatic heterocycles. The van der Waals surface area contributed by atoms with E-state index < -0.39 is 0 Å². The first-order chi connectivity index (χ1) is 11.9. The van der Waals surface area contributed by atoms with Crippen molar-refractivity contribution >= 4 is 57.4 Å². The predicted molar refractivity (Wildman–Crippen MR) is 107 cm³/mol. The third-order valence-electron chi connectivity index (χ3n) is 3.29. The van der Waals surface area contributed by atoms with Crippen molar-refractivity contribution in [3.05, 3.63) is 56.9 Å². The lowest BCUT2D eigenvalue weighted by atomic mass is 10.1. The van der Waals surface area contributed by atoms with Crippen molar-refractivity contribution in [2.75, 3.05) is 5.75 Å². The van der Waals surface area contributed by atoms with E-state index in [0.717, 1.165) is 36.5 Å². The molecule has 0 fully saturated rings. The van der Waals surface area contributed by atoms with Gasteiger partial charge in [0.05, 0.1) is 0 Å². The van der Waals surface area contributed by atoms with E-state index in [2.05, 4.69) is 16.8 Å². The lowest BCUT2D eigenvalue weighted by Gasteiger charge is -2.06. The molecule has 4 nitrogen and oxygen atoms in total. The van der Waals surface area contributed by atoms with Crippen molar-refractivity contribution in [2.45, 2.75) is 28.3 Å². The number of thioether (sulfide) groups is 2. The zero-order chi connectivity index (χ0) is 18.0. The number of hydrogen-bond donors (Lipinski definition) is 0. The second-order valence-electron chi connectivity index (χ2n) is 5.56. The van der Waals surface area contributed by atoms with Gasteiger partial charge in [-0.2, -0.15) is 0 Å². The van der Waals surface area contributed by atoms with Crippen LogP contribution in [-0.2, 0) is 5.75 Å². The van der Waals surface area contributed by atoms with Crippen LogP contribution in [0.1, 0.15) is 18.1 Å². The van der Waals surface area contributed by atoms with Crippen LogP contribution in [-0.4, -0.2) is 16.0 Å². The summed E-state index contributed by atoms with van der Waals surface area (Å²) in [4.78, 5) is 11.8. The SMILES string of the molecule is C=C(C)CSc1nnc(SCc2cc(=O)oc3cc(C)c(Cl)cc23)s1. The summed E-state index contributed by atoms with van der Waals surface area (Å²) in [5, 5.41) is 9.88. The lowest BCUT2D eigenvalue weighted by molar-refractivity contribution is 0.559. The highest BCUT2D eigenvalue weighted by molar-refractivity contribution is 8.03. The van der Waals surface area contributed by atoms with E-state index in [1.165, 1.54) is 6.07 Å². The summed E-state index contributed by atoms with van der Waals surface area (Å²) in [5.74, 6) is 1.43. The molecule has 1 aromatic carbocycles. The topological polar surface area (TPSA) is 56.0 Å². The Morgan fingerprint density at radius 1 is 1.28 bits per heavy atom. The van der Waals surface area contributed by atoms with Crippen LogP contribution in [0.2, 0.25) is 5.02 Å². The second kappa shape index (κ2) is 7.95. The van der Waals surface area contributed by atoms with E-state index in [-0.39, 0.29) is 5.63 Å². The molecule has 0 amide bonds. The van der Waals surface area contributed by atoms with Gasteiger partial charge in [0.25, 0.3) is 0 Å². The number of aryl methyl sites for hydroxylation is 1. The van der Waals surface area contributed by atoms with Crippen LogP contribution < -0.4 is 5.63 Å². The molecule has 3 aromatic rings. The smallest absolute Gasteiger partial charge is 0.336 e. The van der Waals surface area contributed by atoms with Gasteiger partial charge >= 0.3 is 5.63 Å². The maximum atomic E-state index is 11.8. The number of halogens is 1. The summed E-state index contributed by atoms with van der Waals surface area (Å²) in [7, 11) is 0. The Labute approximate surface area is 162 Å². The molecule has 0 unspecified atom stereocenters. The van der Waals surface area contributed by atoms with Gasteiger partial charge in [0.2, 0.25) is 0 Å². The second-order valence-corrected chi connectivity index (χ2v) is 9.39. The van der Waals surface area contributed by atoms with Crippen LogP contribution >= 0.6 is 46.5 Å². The fourth-order valence-corrected chi connectivity index (χ4v) is 5.12. The Kier molecular flexibility index (Phi) is 5.89. The highest BCUT2D eigenvalue weighted by atomic mass is 35.5. The van der Waals surface area contributed by atoms with Gasteiger partial charge in [-0.05, 0) is 37.1 Å². The van der Waals surface area contributed by atoms with Crippen LogP contribution in [0.4, 0.5) is 0 Å². The Balaban J connectivity index is 1.80. The molecule has 3 rings (SSSR count). The van der Waals surface area contributed by atoms with Crippen LogP contribution in [0.25, 0.3) is 11.0 Å². The largest absolute Gasteiger partial charge is 0.423 e. The number of fused-ring (bicyclic) bond motifs is 1. The molecule has 0 saturated heterocycles. The Hall–Kier alpha value is -1.28. The molecule has 130 valence electrons. The monoisotopic (exact) mass is 410 g/mol. The summed E-state index contributed by atoms with van der Waals surface area (Å²) in [6, 6.07) is 5.16. The van der Waals surface area contributed by atoms with Crippen molar-refractivity contribution in [3.63, 3.8) is 0 Å². The highest BCUT2D eigenvalue weighted by Crippen LogP contribution is 2.33. The highest BCUT2D eigenvalue weighted by Gasteiger charge is 2.11. The van der Waals surface area contributed by atoms with Crippen molar-refractivity contribution in [1.82, 2.24) is 10.2 Å². The van der Waals surface area contributed by atoms with E-state index in [1.807, 2.05) is 19.9 Å². The molecule has 8 heteroatoms. The van der Waals surface area contributed by atoms with Gasteiger partial charge in [-0.3, -0.25) is 0 Å². The zero-order valence-electron chi connectivity index (χ0n) is 13.7. The van der Waals surface area contributed by atoms with Crippen molar-refractivity contribution in [1.29, 1.82) is 0 Å². The van der Waals surface area contributed by atoms with E-state index in [9.17, 15) is 4.79 Å². The van der Waals surface area contributed by atoms with E-state index >= 15 is 0 Å². The Morgan fingerprint density at radius 2 is 2.00 bits per heavy atom. The number of aromatic nitrogens is 2. The minimum Gasteiger partial charge on any atom is -0.423 e. The van der Waals surface area contributed by atoms with Gasteiger partial charge < -0.3 is 4.42 Å². The average molecular weight is 411 g/mol. The quantitative estimate of drug-likeness (QED) is 0.301. The van der Waals surface area contributed by atoms with E-state index in [0.29, 0.717) is 16.4 Å². The first-order valence-electron chi connectivity index (χ1n) is 7.39. The average Bonchev–Trinajstić information content (AvgIpc) is 3.00. The van der Waals surface area contributed by atoms with Crippen LogP contribution in [0, 0.1) is 6.92 Å². The molecule has 0 spiro atoms. The molecular formula is C17H15ClN2O2S3. The van der Waals surface area contributed by atoms with Gasteiger partial charge in [0.15, 0.2) is 8.68 Å². The van der Waals surface area contributed by atoms with Crippen molar-refractivity contribution in [2.24, 2.45) is 0 Å². The van der Waals surface area contributed by atoms with Crippen LogP contribution in [0.15, 0.2) is 48.2 Å². The fraction of sp³-hybridized carbons (Fsp3) is 0.235. The third-order valence-corrected chi connectivity index (χ3v) is 7.17. The maximum Gasteiger partial charge on any atom is 0.336 e. The molecule has 0 bridgehead atoms. The number of rotatable bonds is 6. The molecule has 0 aliphatic heterocycles. The molecular weight excluding hydrogens is 396 g/mol. The van der Waals surface area contributed by atoms with E-state index in [4.69, 9.17) is 16.0 Å². The van der Waals surface area contributed by atoms with Gasteiger partial charge in [-0.1, -0.05) is 58.6 Å². The summed E-state index contributed by atoms with van der Waals surface area (Å²) in [5.41, 5.74) is 3.05. The number of hydrogen-bond acceptors (Lipinski definition) is 7. The molecule has 0 saturated carbocycles. The normalized spacial score (nSPS) is 11.2. The molecule has 0 N–H and O–H groups in total. The predicted octanol–water partition coefficient (Wildman–Crippen LogP) is 5.57. The van der Waals surface area contributed by atoms with E-state index in [1.54, 1.807) is 40.9 Å².